The highest BCUT2D eigenvalue weighted by Crippen LogP contribution is 2.12. The molecule has 0 atom stereocenters. The van der Waals surface area contributed by atoms with E-state index in [1.165, 1.54) is 11.3 Å². The summed E-state index contributed by atoms with van der Waals surface area (Å²) in [5.74, 6) is 0. The van der Waals surface area contributed by atoms with Gasteiger partial charge in [0.15, 0.2) is 0 Å². The Labute approximate surface area is 85.3 Å². The number of aryl methyl sites for hydroxylation is 1. The Morgan fingerprint density at radius 1 is 1.43 bits per heavy atom. The van der Waals surface area contributed by atoms with Gasteiger partial charge in [0.1, 0.15) is 6.73 Å². The van der Waals surface area contributed by atoms with E-state index in [0.717, 1.165) is 18.8 Å². The third-order valence-corrected chi connectivity index (χ3v) is 2.33. The highest BCUT2D eigenvalue weighted by Gasteiger charge is 2.09. The summed E-state index contributed by atoms with van der Waals surface area (Å²) in [6, 6.07) is 0. The summed E-state index contributed by atoms with van der Waals surface area (Å²) >= 11 is 0. The third kappa shape index (κ3) is 2.33. The Morgan fingerprint density at radius 3 is 2.71 bits per heavy atom. The smallest absolute Gasteiger partial charge is 0.139 e. The Bertz CT molecular complexity index is 294. The maximum Gasteiger partial charge on any atom is 0.139 e. The Morgan fingerprint density at radius 2 is 2.14 bits per heavy atom. The molecule has 0 saturated heterocycles. The number of ether oxygens (including phenoxy) is 1. The second kappa shape index (κ2) is 5.12. The number of aromatic nitrogens is 2. The van der Waals surface area contributed by atoms with Crippen LogP contribution in [0.1, 0.15) is 23.9 Å². The minimum Gasteiger partial charge on any atom is -0.362 e. The van der Waals surface area contributed by atoms with Crippen molar-refractivity contribution in [1.29, 1.82) is 0 Å². The van der Waals surface area contributed by atoms with Crippen LogP contribution in [0.2, 0.25) is 0 Å². The van der Waals surface area contributed by atoms with Crippen molar-refractivity contribution in [1.82, 2.24) is 15.1 Å². The average molecular weight is 197 g/mol. The summed E-state index contributed by atoms with van der Waals surface area (Å²) in [5.41, 5.74) is 3.55. The number of hydrogen-bond donors (Lipinski definition) is 1. The first-order valence-corrected chi connectivity index (χ1v) is 4.93. The molecule has 0 fully saturated rings. The van der Waals surface area contributed by atoms with Crippen molar-refractivity contribution in [3.05, 3.63) is 17.0 Å². The molecule has 0 aromatic carbocycles. The Kier molecular flexibility index (Phi) is 4.10. The van der Waals surface area contributed by atoms with Crippen LogP contribution in [-0.4, -0.2) is 23.4 Å². The number of methoxy groups -OCH3 is 1. The number of nitrogens with zero attached hydrogens (tertiary/aromatic N) is 2. The van der Waals surface area contributed by atoms with E-state index >= 15 is 0 Å². The zero-order chi connectivity index (χ0) is 10.6. The molecule has 80 valence electrons. The van der Waals surface area contributed by atoms with Gasteiger partial charge in [-0.1, -0.05) is 6.92 Å². The molecule has 1 aromatic rings. The maximum absolute atomic E-state index is 5.06. The lowest BCUT2D eigenvalue weighted by Crippen LogP contribution is -2.13. The van der Waals surface area contributed by atoms with E-state index in [9.17, 15) is 0 Å². The maximum atomic E-state index is 5.06. The topological polar surface area (TPSA) is 39.1 Å². The highest BCUT2D eigenvalue weighted by molar-refractivity contribution is 5.24. The number of nitrogens with one attached hydrogen (secondary N) is 1. The van der Waals surface area contributed by atoms with Crippen LogP contribution in [0.3, 0.4) is 0 Å². The van der Waals surface area contributed by atoms with Gasteiger partial charge in [0.2, 0.25) is 0 Å². The summed E-state index contributed by atoms with van der Waals surface area (Å²) in [5, 5.41) is 7.71. The van der Waals surface area contributed by atoms with Gasteiger partial charge in [-0.25, -0.2) is 4.68 Å². The molecular weight excluding hydrogens is 178 g/mol. The van der Waals surface area contributed by atoms with E-state index in [4.69, 9.17) is 4.74 Å². The fourth-order valence-corrected chi connectivity index (χ4v) is 1.49. The lowest BCUT2D eigenvalue weighted by atomic mass is 10.2. The Hall–Kier alpha value is -0.870. The molecular formula is C10H19N3O. The van der Waals surface area contributed by atoms with E-state index in [0.29, 0.717) is 6.73 Å². The van der Waals surface area contributed by atoms with Crippen molar-refractivity contribution in [3.8, 4) is 0 Å². The zero-order valence-corrected chi connectivity index (χ0v) is 9.42. The monoisotopic (exact) mass is 197 g/mol. The third-order valence-electron chi connectivity index (χ3n) is 2.33. The molecule has 0 amide bonds. The van der Waals surface area contributed by atoms with E-state index < -0.39 is 0 Å². The van der Waals surface area contributed by atoms with Gasteiger partial charge in [0.05, 0.1) is 5.69 Å². The van der Waals surface area contributed by atoms with Gasteiger partial charge in [0.25, 0.3) is 0 Å². The van der Waals surface area contributed by atoms with Gasteiger partial charge in [-0.2, -0.15) is 5.10 Å². The second-order valence-electron chi connectivity index (χ2n) is 3.35. The molecule has 1 aromatic heterocycles. The number of rotatable bonds is 5. The molecule has 0 bridgehead atoms. The largest absolute Gasteiger partial charge is 0.362 e. The van der Waals surface area contributed by atoms with Crippen LogP contribution < -0.4 is 5.32 Å². The van der Waals surface area contributed by atoms with E-state index in [1.54, 1.807) is 7.11 Å². The van der Waals surface area contributed by atoms with E-state index in [2.05, 4.69) is 24.3 Å². The van der Waals surface area contributed by atoms with Gasteiger partial charge in [-0.3, -0.25) is 0 Å². The van der Waals surface area contributed by atoms with Gasteiger partial charge < -0.3 is 10.1 Å². The standard InChI is InChI=1S/C10H19N3O/c1-5-11-6-10-8(2)12-13(7-14-4)9(10)3/h11H,5-7H2,1-4H3. The lowest BCUT2D eigenvalue weighted by Gasteiger charge is -2.04. The molecule has 1 N–H and O–H groups in total. The van der Waals surface area contributed by atoms with Crippen molar-refractivity contribution >= 4 is 0 Å². The fraction of sp³-hybridized carbons (Fsp3) is 0.700. The van der Waals surface area contributed by atoms with Crippen molar-refractivity contribution in [2.24, 2.45) is 0 Å². The highest BCUT2D eigenvalue weighted by atomic mass is 16.5. The summed E-state index contributed by atoms with van der Waals surface area (Å²) in [7, 11) is 1.68. The summed E-state index contributed by atoms with van der Waals surface area (Å²) < 4.78 is 6.95. The first kappa shape index (κ1) is 11.2. The van der Waals surface area contributed by atoms with Crippen molar-refractivity contribution < 1.29 is 4.74 Å². The molecule has 4 nitrogen and oxygen atoms in total. The quantitative estimate of drug-likeness (QED) is 0.771. The molecule has 0 aliphatic rings. The van der Waals surface area contributed by atoms with Gasteiger partial charge in [-0.05, 0) is 20.4 Å². The Balaban J connectivity index is 2.81. The van der Waals surface area contributed by atoms with Gasteiger partial charge >= 0.3 is 0 Å². The van der Waals surface area contributed by atoms with Crippen LogP contribution in [0.25, 0.3) is 0 Å². The molecule has 0 aliphatic carbocycles. The molecule has 0 radical (unpaired) electrons. The van der Waals surface area contributed by atoms with Gasteiger partial charge in [-0.15, -0.1) is 0 Å². The molecule has 4 heteroatoms. The van der Waals surface area contributed by atoms with Crippen LogP contribution in [0.15, 0.2) is 0 Å². The first-order valence-electron chi connectivity index (χ1n) is 4.93. The predicted octanol–water partition coefficient (Wildman–Crippen LogP) is 1.21. The molecule has 1 heterocycles. The van der Waals surface area contributed by atoms with E-state index in [1.807, 2.05) is 11.6 Å². The van der Waals surface area contributed by atoms with Crippen LogP contribution in [0.5, 0.6) is 0 Å². The zero-order valence-electron chi connectivity index (χ0n) is 9.42. The fourth-order valence-electron chi connectivity index (χ4n) is 1.49. The van der Waals surface area contributed by atoms with Crippen molar-refractivity contribution in [3.63, 3.8) is 0 Å². The van der Waals surface area contributed by atoms with Crippen LogP contribution in [0, 0.1) is 13.8 Å². The first-order chi connectivity index (χ1) is 6.70. The van der Waals surface area contributed by atoms with Crippen LogP contribution >= 0.6 is 0 Å². The molecule has 1 rings (SSSR count). The molecule has 0 unspecified atom stereocenters. The molecule has 14 heavy (non-hydrogen) atoms. The minimum absolute atomic E-state index is 0.527. The molecule has 0 aliphatic heterocycles. The van der Waals surface area contributed by atoms with Crippen molar-refractivity contribution in [2.75, 3.05) is 13.7 Å². The average Bonchev–Trinajstić information content (AvgIpc) is 2.41. The van der Waals surface area contributed by atoms with E-state index in [-0.39, 0.29) is 0 Å². The summed E-state index contributed by atoms with van der Waals surface area (Å²) in [6.07, 6.45) is 0. The lowest BCUT2D eigenvalue weighted by molar-refractivity contribution is 0.118. The van der Waals surface area contributed by atoms with Crippen LogP contribution in [-0.2, 0) is 18.0 Å². The predicted molar refractivity (Wildman–Crippen MR) is 56.1 cm³/mol. The minimum atomic E-state index is 0.527. The molecule has 0 saturated carbocycles. The summed E-state index contributed by atoms with van der Waals surface area (Å²) in [4.78, 5) is 0. The molecule has 0 spiro atoms. The van der Waals surface area contributed by atoms with Crippen LogP contribution in [0.4, 0.5) is 0 Å². The number of hydrogen-bond acceptors (Lipinski definition) is 3. The second-order valence-corrected chi connectivity index (χ2v) is 3.35. The SMILES string of the molecule is CCNCc1c(C)nn(COC)c1C. The summed E-state index contributed by atoms with van der Waals surface area (Å²) in [6.45, 7) is 8.60. The van der Waals surface area contributed by atoms with Crippen molar-refractivity contribution in [2.45, 2.75) is 34.0 Å². The normalized spacial score (nSPS) is 10.9. The van der Waals surface area contributed by atoms with Gasteiger partial charge in [0, 0.05) is 24.9 Å².